The summed E-state index contributed by atoms with van der Waals surface area (Å²) in [5.74, 6) is 0.873. The molecule has 0 aromatic heterocycles. The standard InChI is InChI=1S/C10H12.CH5N.CH2O/c1-8-6-9-4-2-3-5-10(9)7-8;2*1-2/h2-5,8H,6-7H2,1H3;2H2,1H3;1H2. The molecule has 1 aliphatic rings. The largest absolute Gasteiger partial charge is 0.333 e. The minimum atomic E-state index is 0.873. The Morgan fingerprint density at radius 2 is 1.50 bits per heavy atom. The zero-order valence-electron chi connectivity index (χ0n) is 8.99. The lowest BCUT2D eigenvalue weighted by Gasteiger charge is -1.93. The Hall–Kier alpha value is -1.15. The molecule has 2 rings (SSSR count). The third-order valence-electron chi connectivity index (χ3n) is 2.26. The van der Waals surface area contributed by atoms with Crippen LogP contribution in [0.4, 0.5) is 0 Å². The third kappa shape index (κ3) is 3.30. The van der Waals surface area contributed by atoms with Gasteiger partial charge in [0.25, 0.3) is 0 Å². The first kappa shape index (κ1) is 12.8. The fraction of sp³-hybridized carbons (Fsp3) is 0.417. The third-order valence-corrected chi connectivity index (χ3v) is 2.26. The van der Waals surface area contributed by atoms with Crippen molar-refractivity contribution in [1.29, 1.82) is 0 Å². The van der Waals surface area contributed by atoms with Crippen molar-refractivity contribution >= 4 is 6.79 Å². The van der Waals surface area contributed by atoms with E-state index in [4.69, 9.17) is 4.79 Å². The molecule has 2 N–H and O–H groups in total. The van der Waals surface area contributed by atoms with Crippen LogP contribution in [0, 0.1) is 5.92 Å². The Labute approximate surface area is 86.1 Å². The molecular formula is C12H19NO. The van der Waals surface area contributed by atoms with Gasteiger partial charge in [-0.1, -0.05) is 31.2 Å². The fourth-order valence-electron chi connectivity index (χ4n) is 1.78. The highest BCUT2D eigenvalue weighted by Gasteiger charge is 2.15. The molecular weight excluding hydrogens is 174 g/mol. The van der Waals surface area contributed by atoms with Gasteiger partial charge in [0.05, 0.1) is 0 Å². The summed E-state index contributed by atoms with van der Waals surface area (Å²) in [6, 6.07) is 8.77. The van der Waals surface area contributed by atoms with Crippen molar-refractivity contribution in [3.63, 3.8) is 0 Å². The minimum Gasteiger partial charge on any atom is -0.333 e. The Bertz CT molecular complexity index is 235. The van der Waals surface area contributed by atoms with Crippen molar-refractivity contribution in [3.05, 3.63) is 35.4 Å². The van der Waals surface area contributed by atoms with Gasteiger partial charge >= 0.3 is 0 Å². The first-order chi connectivity index (χ1) is 6.86. The molecule has 1 aromatic rings. The summed E-state index contributed by atoms with van der Waals surface area (Å²) in [6.45, 7) is 4.32. The van der Waals surface area contributed by atoms with Gasteiger partial charge in [-0.25, -0.2) is 0 Å². The van der Waals surface area contributed by atoms with Crippen LogP contribution in [-0.2, 0) is 17.6 Å². The van der Waals surface area contributed by atoms with E-state index in [1.54, 1.807) is 11.1 Å². The Morgan fingerprint density at radius 1 is 1.14 bits per heavy atom. The van der Waals surface area contributed by atoms with E-state index < -0.39 is 0 Å². The highest BCUT2D eigenvalue weighted by atomic mass is 16.1. The smallest absolute Gasteiger partial charge is 0.106 e. The van der Waals surface area contributed by atoms with Crippen molar-refractivity contribution in [2.45, 2.75) is 19.8 Å². The molecule has 14 heavy (non-hydrogen) atoms. The van der Waals surface area contributed by atoms with Crippen LogP contribution in [-0.4, -0.2) is 13.8 Å². The molecule has 0 radical (unpaired) electrons. The van der Waals surface area contributed by atoms with Crippen molar-refractivity contribution in [2.75, 3.05) is 7.05 Å². The maximum absolute atomic E-state index is 8.00. The van der Waals surface area contributed by atoms with Crippen molar-refractivity contribution in [3.8, 4) is 0 Å². The lowest BCUT2D eigenvalue weighted by molar-refractivity contribution is -0.0979. The van der Waals surface area contributed by atoms with Gasteiger partial charge in [0.1, 0.15) is 6.79 Å². The predicted molar refractivity (Wildman–Crippen MR) is 60.2 cm³/mol. The molecule has 0 aliphatic heterocycles. The molecule has 0 spiro atoms. The summed E-state index contributed by atoms with van der Waals surface area (Å²) in [4.78, 5) is 8.00. The Balaban J connectivity index is 0.000000379. The SMILES string of the molecule is C=O.CC1Cc2ccccc2C1.CN. The first-order valence-electron chi connectivity index (χ1n) is 4.79. The predicted octanol–water partition coefficient (Wildman–Crippen LogP) is 1.81. The second-order valence-electron chi connectivity index (χ2n) is 3.28. The maximum Gasteiger partial charge on any atom is 0.106 e. The summed E-state index contributed by atoms with van der Waals surface area (Å²) in [5, 5.41) is 0. The quantitative estimate of drug-likeness (QED) is 0.683. The van der Waals surface area contributed by atoms with Crippen LogP contribution in [0.1, 0.15) is 18.1 Å². The molecule has 0 fully saturated rings. The summed E-state index contributed by atoms with van der Waals surface area (Å²) in [5.41, 5.74) is 7.63. The number of fused-ring (bicyclic) bond motifs is 1. The molecule has 0 saturated carbocycles. The number of benzene rings is 1. The van der Waals surface area contributed by atoms with Crippen molar-refractivity contribution < 1.29 is 4.79 Å². The lowest BCUT2D eigenvalue weighted by atomic mass is 10.1. The van der Waals surface area contributed by atoms with E-state index in [2.05, 4.69) is 36.9 Å². The summed E-state index contributed by atoms with van der Waals surface area (Å²) >= 11 is 0. The van der Waals surface area contributed by atoms with Gasteiger partial charge < -0.3 is 10.5 Å². The van der Waals surface area contributed by atoms with E-state index in [0.29, 0.717) is 0 Å². The van der Waals surface area contributed by atoms with Gasteiger partial charge in [0.15, 0.2) is 0 Å². The molecule has 0 amide bonds. The normalized spacial score (nSPS) is 13.1. The van der Waals surface area contributed by atoms with E-state index in [1.165, 1.54) is 19.9 Å². The molecule has 0 heterocycles. The van der Waals surface area contributed by atoms with Crippen LogP contribution in [0.2, 0.25) is 0 Å². The van der Waals surface area contributed by atoms with Crippen molar-refractivity contribution in [2.24, 2.45) is 11.7 Å². The molecule has 0 atom stereocenters. The van der Waals surface area contributed by atoms with Gasteiger partial charge in [-0.05, 0) is 36.9 Å². The average Bonchev–Trinajstić information content (AvgIpc) is 2.64. The highest BCUT2D eigenvalue weighted by Crippen LogP contribution is 2.25. The maximum atomic E-state index is 8.00. The first-order valence-corrected chi connectivity index (χ1v) is 4.79. The van der Waals surface area contributed by atoms with Gasteiger partial charge in [0.2, 0.25) is 0 Å². The fourth-order valence-corrected chi connectivity index (χ4v) is 1.78. The number of carbonyl (C=O) groups is 1. The van der Waals surface area contributed by atoms with Crippen LogP contribution in [0.25, 0.3) is 0 Å². The highest BCUT2D eigenvalue weighted by molar-refractivity contribution is 5.31. The molecule has 78 valence electrons. The second-order valence-corrected chi connectivity index (χ2v) is 3.28. The van der Waals surface area contributed by atoms with E-state index in [9.17, 15) is 0 Å². The monoisotopic (exact) mass is 193 g/mol. The number of carbonyl (C=O) groups excluding carboxylic acids is 1. The zero-order valence-corrected chi connectivity index (χ0v) is 8.99. The van der Waals surface area contributed by atoms with E-state index in [1.807, 2.05) is 6.79 Å². The van der Waals surface area contributed by atoms with Crippen LogP contribution in [0.3, 0.4) is 0 Å². The summed E-state index contributed by atoms with van der Waals surface area (Å²) in [6.07, 6.45) is 2.58. The average molecular weight is 193 g/mol. The molecule has 0 unspecified atom stereocenters. The van der Waals surface area contributed by atoms with Gasteiger partial charge in [0, 0.05) is 0 Å². The van der Waals surface area contributed by atoms with Crippen LogP contribution in [0.5, 0.6) is 0 Å². The molecule has 1 aromatic carbocycles. The number of rotatable bonds is 0. The topological polar surface area (TPSA) is 43.1 Å². The van der Waals surface area contributed by atoms with Crippen LogP contribution in [0.15, 0.2) is 24.3 Å². The number of hydrogen-bond acceptors (Lipinski definition) is 2. The van der Waals surface area contributed by atoms with E-state index >= 15 is 0 Å². The Kier molecular flexibility index (Phi) is 6.68. The summed E-state index contributed by atoms with van der Waals surface area (Å²) < 4.78 is 0. The van der Waals surface area contributed by atoms with E-state index in [-0.39, 0.29) is 0 Å². The second kappa shape index (κ2) is 7.27. The minimum absolute atomic E-state index is 0.873. The number of hydrogen-bond donors (Lipinski definition) is 1. The Morgan fingerprint density at radius 3 is 1.86 bits per heavy atom. The molecule has 2 nitrogen and oxygen atoms in total. The lowest BCUT2D eigenvalue weighted by Crippen LogP contribution is -1.89. The number of nitrogens with two attached hydrogens (primary N) is 1. The molecule has 1 aliphatic carbocycles. The van der Waals surface area contributed by atoms with Gasteiger partial charge in [-0.2, -0.15) is 0 Å². The van der Waals surface area contributed by atoms with Crippen molar-refractivity contribution in [1.82, 2.24) is 0 Å². The molecule has 0 bridgehead atoms. The molecule has 0 saturated heterocycles. The van der Waals surface area contributed by atoms with Gasteiger partial charge in [-0.15, -0.1) is 0 Å². The van der Waals surface area contributed by atoms with Crippen LogP contribution < -0.4 is 5.73 Å². The van der Waals surface area contributed by atoms with E-state index in [0.717, 1.165) is 5.92 Å². The van der Waals surface area contributed by atoms with Crippen LogP contribution >= 0.6 is 0 Å². The van der Waals surface area contributed by atoms with Gasteiger partial charge in [-0.3, -0.25) is 0 Å². The summed E-state index contributed by atoms with van der Waals surface area (Å²) in [7, 11) is 1.50. The molecule has 2 heteroatoms. The zero-order chi connectivity index (χ0) is 11.0.